The van der Waals surface area contributed by atoms with Crippen LogP contribution >= 0.6 is 11.6 Å². The number of hydrogen-bond acceptors (Lipinski definition) is 2. The van der Waals surface area contributed by atoms with Crippen LogP contribution in [0.1, 0.15) is 24.7 Å². The summed E-state index contributed by atoms with van der Waals surface area (Å²) in [4.78, 5) is 8.49. The molecular weight excluding hydrogens is 227 g/mol. The van der Waals surface area contributed by atoms with E-state index in [9.17, 15) is 4.39 Å². The lowest BCUT2D eigenvalue weighted by molar-refractivity contribution is 0.620. The number of fused-ring (bicyclic) bond motifs is 1. The normalized spacial score (nSPS) is 11.0. The van der Waals surface area contributed by atoms with E-state index < -0.39 is 0 Å². The standard InChI is InChI=1S/C12H12ClFN2/c1-3-4-11-15-10-6-9(14)7(2)5-8(10)12(13)16-11/h5-6H,3-4H2,1-2H3. The molecule has 0 bridgehead atoms. The van der Waals surface area contributed by atoms with Gasteiger partial charge < -0.3 is 0 Å². The predicted octanol–water partition coefficient (Wildman–Crippen LogP) is 3.68. The van der Waals surface area contributed by atoms with E-state index in [-0.39, 0.29) is 5.82 Å². The molecule has 16 heavy (non-hydrogen) atoms. The second kappa shape index (κ2) is 4.34. The van der Waals surface area contributed by atoms with Gasteiger partial charge in [-0.25, -0.2) is 14.4 Å². The Morgan fingerprint density at radius 1 is 1.31 bits per heavy atom. The molecule has 0 aliphatic rings. The number of aromatic nitrogens is 2. The van der Waals surface area contributed by atoms with E-state index in [2.05, 4.69) is 9.97 Å². The zero-order valence-electron chi connectivity index (χ0n) is 9.22. The highest BCUT2D eigenvalue weighted by atomic mass is 35.5. The minimum Gasteiger partial charge on any atom is -0.233 e. The first-order chi connectivity index (χ1) is 7.61. The number of hydrogen-bond donors (Lipinski definition) is 0. The van der Waals surface area contributed by atoms with Gasteiger partial charge in [0.1, 0.15) is 16.8 Å². The zero-order valence-corrected chi connectivity index (χ0v) is 9.98. The molecule has 0 unspecified atom stereocenters. The smallest absolute Gasteiger partial charge is 0.140 e. The molecule has 84 valence electrons. The molecule has 2 aromatic rings. The molecule has 0 saturated heterocycles. The highest BCUT2D eigenvalue weighted by Gasteiger charge is 2.08. The molecule has 0 radical (unpaired) electrons. The summed E-state index contributed by atoms with van der Waals surface area (Å²) in [5, 5.41) is 1.11. The van der Waals surface area contributed by atoms with Gasteiger partial charge in [0.05, 0.1) is 5.52 Å². The van der Waals surface area contributed by atoms with Crippen molar-refractivity contribution in [3.63, 3.8) is 0 Å². The molecular formula is C12H12ClFN2. The molecule has 1 heterocycles. The third kappa shape index (κ3) is 2.00. The van der Waals surface area contributed by atoms with Gasteiger partial charge in [-0.1, -0.05) is 18.5 Å². The topological polar surface area (TPSA) is 25.8 Å². The molecule has 0 aliphatic carbocycles. The molecule has 1 aromatic carbocycles. The van der Waals surface area contributed by atoms with Crippen molar-refractivity contribution in [2.45, 2.75) is 26.7 Å². The Kier molecular flexibility index (Phi) is 3.06. The molecule has 2 nitrogen and oxygen atoms in total. The number of halogens is 2. The molecule has 0 aliphatic heterocycles. The van der Waals surface area contributed by atoms with Gasteiger partial charge in [-0.3, -0.25) is 0 Å². The lowest BCUT2D eigenvalue weighted by atomic mass is 10.1. The number of rotatable bonds is 2. The van der Waals surface area contributed by atoms with Gasteiger partial charge in [-0.2, -0.15) is 0 Å². The van der Waals surface area contributed by atoms with Crippen molar-refractivity contribution >= 4 is 22.5 Å². The Morgan fingerprint density at radius 2 is 2.06 bits per heavy atom. The Morgan fingerprint density at radius 3 is 2.75 bits per heavy atom. The SMILES string of the molecule is CCCc1nc(Cl)c2cc(C)c(F)cc2n1. The first-order valence-corrected chi connectivity index (χ1v) is 5.62. The van der Waals surface area contributed by atoms with Gasteiger partial charge in [0.25, 0.3) is 0 Å². The van der Waals surface area contributed by atoms with Crippen molar-refractivity contribution in [2.75, 3.05) is 0 Å². The molecule has 0 spiro atoms. The number of benzene rings is 1. The van der Waals surface area contributed by atoms with Gasteiger partial charge in [0.2, 0.25) is 0 Å². The van der Waals surface area contributed by atoms with E-state index in [0.29, 0.717) is 27.4 Å². The quantitative estimate of drug-likeness (QED) is 0.746. The van der Waals surface area contributed by atoms with Crippen LogP contribution in [0.5, 0.6) is 0 Å². The summed E-state index contributed by atoms with van der Waals surface area (Å²) < 4.78 is 13.4. The maximum atomic E-state index is 13.4. The van der Waals surface area contributed by atoms with Crippen LogP contribution < -0.4 is 0 Å². The van der Waals surface area contributed by atoms with E-state index in [1.807, 2.05) is 6.92 Å². The Balaban J connectivity index is 2.67. The molecule has 0 N–H and O–H groups in total. The lowest BCUT2D eigenvalue weighted by Gasteiger charge is -2.05. The molecule has 0 atom stereocenters. The maximum absolute atomic E-state index is 13.4. The summed E-state index contributed by atoms with van der Waals surface area (Å²) >= 11 is 6.05. The lowest BCUT2D eigenvalue weighted by Crippen LogP contribution is -1.97. The van der Waals surface area contributed by atoms with Crippen molar-refractivity contribution in [3.8, 4) is 0 Å². The monoisotopic (exact) mass is 238 g/mol. The van der Waals surface area contributed by atoms with Crippen LogP contribution in [0.3, 0.4) is 0 Å². The van der Waals surface area contributed by atoms with Crippen molar-refractivity contribution in [1.29, 1.82) is 0 Å². The van der Waals surface area contributed by atoms with Crippen molar-refractivity contribution < 1.29 is 4.39 Å². The van der Waals surface area contributed by atoms with Gasteiger partial charge in [0, 0.05) is 17.9 Å². The fourth-order valence-corrected chi connectivity index (χ4v) is 1.85. The fourth-order valence-electron chi connectivity index (χ4n) is 1.60. The van der Waals surface area contributed by atoms with Crippen LogP contribution in [0.2, 0.25) is 5.15 Å². The Labute approximate surface area is 98.5 Å². The van der Waals surface area contributed by atoms with E-state index >= 15 is 0 Å². The molecule has 1 aromatic heterocycles. The van der Waals surface area contributed by atoms with Crippen LogP contribution in [-0.2, 0) is 6.42 Å². The van der Waals surface area contributed by atoms with Crippen molar-refractivity contribution in [3.05, 3.63) is 34.5 Å². The summed E-state index contributed by atoms with van der Waals surface area (Å²) in [7, 11) is 0. The van der Waals surface area contributed by atoms with Crippen LogP contribution in [0, 0.1) is 12.7 Å². The highest BCUT2D eigenvalue weighted by molar-refractivity contribution is 6.34. The summed E-state index contributed by atoms with van der Waals surface area (Å²) in [5.74, 6) is 0.410. The molecule has 4 heteroatoms. The van der Waals surface area contributed by atoms with Gasteiger partial charge in [-0.15, -0.1) is 0 Å². The largest absolute Gasteiger partial charge is 0.233 e. The molecule has 0 saturated carbocycles. The molecule has 2 rings (SSSR count). The zero-order chi connectivity index (χ0) is 11.7. The van der Waals surface area contributed by atoms with Gasteiger partial charge in [-0.05, 0) is 25.0 Å². The summed E-state index contributed by atoms with van der Waals surface area (Å²) in [6.07, 6.45) is 1.70. The van der Waals surface area contributed by atoms with Gasteiger partial charge >= 0.3 is 0 Å². The van der Waals surface area contributed by atoms with Crippen LogP contribution in [0.4, 0.5) is 4.39 Å². The predicted molar refractivity (Wildman–Crippen MR) is 63.2 cm³/mol. The van der Waals surface area contributed by atoms with Crippen LogP contribution in [0.25, 0.3) is 10.9 Å². The van der Waals surface area contributed by atoms with Crippen molar-refractivity contribution in [2.24, 2.45) is 0 Å². The summed E-state index contributed by atoms with van der Waals surface area (Å²) in [6.45, 7) is 3.74. The minimum absolute atomic E-state index is 0.260. The second-order valence-electron chi connectivity index (χ2n) is 3.80. The molecule has 0 fully saturated rings. The average molecular weight is 239 g/mol. The van der Waals surface area contributed by atoms with Crippen molar-refractivity contribution in [1.82, 2.24) is 9.97 Å². The first-order valence-electron chi connectivity index (χ1n) is 5.24. The van der Waals surface area contributed by atoms with E-state index in [1.165, 1.54) is 6.07 Å². The third-order valence-electron chi connectivity index (χ3n) is 2.45. The number of aryl methyl sites for hydroxylation is 2. The van der Waals surface area contributed by atoms with E-state index in [0.717, 1.165) is 12.8 Å². The summed E-state index contributed by atoms with van der Waals surface area (Å²) in [5.41, 5.74) is 1.13. The average Bonchev–Trinajstić information content (AvgIpc) is 2.22. The van der Waals surface area contributed by atoms with E-state index in [4.69, 9.17) is 11.6 Å². The summed E-state index contributed by atoms with van der Waals surface area (Å²) in [6, 6.07) is 3.10. The second-order valence-corrected chi connectivity index (χ2v) is 4.16. The fraction of sp³-hybridized carbons (Fsp3) is 0.333. The van der Waals surface area contributed by atoms with Gasteiger partial charge in [0.15, 0.2) is 0 Å². The Hall–Kier alpha value is -1.22. The first kappa shape index (κ1) is 11.3. The van der Waals surface area contributed by atoms with Crippen LogP contribution in [0.15, 0.2) is 12.1 Å². The molecule has 0 amide bonds. The van der Waals surface area contributed by atoms with Crippen LogP contribution in [-0.4, -0.2) is 9.97 Å². The Bertz CT molecular complexity index is 540. The van der Waals surface area contributed by atoms with E-state index in [1.54, 1.807) is 13.0 Å². The third-order valence-corrected chi connectivity index (χ3v) is 2.74. The highest BCUT2D eigenvalue weighted by Crippen LogP contribution is 2.23. The number of nitrogens with zero attached hydrogens (tertiary/aromatic N) is 2. The minimum atomic E-state index is -0.260. The maximum Gasteiger partial charge on any atom is 0.140 e.